The van der Waals surface area contributed by atoms with Gasteiger partial charge in [-0.1, -0.05) is 13.8 Å². The van der Waals surface area contributed by atoms with E-state index in [-0.39, 0.29) is 18.4 Å². The van der Waals surface area contributed by atoms with E-state index in [0.29, 0.717) is 24.5 Å². The van der Waals surface area contributed by atoms with Gasteiger partial charge in [0.25, 0.3) is 5.91 Å². The van der Waals surface area contributed by atoms with Crippen molar-refractivity contribution in [1.29, 1.82) is 0 Å². The molecule has 22 heavy (non-hydrogen) atoms. The molecule has 8 heteroatoms. The van der Waals surface area contributed by atoms with Crippen LogP contribution in [0.15, 0.2) is 18.7 Å². The Balaban J connectivity index is 1.93. The van der Waals surface area contributed by atoms with Crippen molar-refractivity contribution >= 4 is 5.91 Å². The topological polar surface area (TPSA) is 94.8 Å². The summed E-state index contributed by atoms with van der Waals surface area (Å²) in [4.78, 5) is 20.4. The number of methoxy groups -OCH3 is 1. The van der Waals surface area contributed by atoms with Gasteiger partial charge in [0.1, 0.15) is 12.2 Å². The second-order valence-electron chi connectivity index (χ2n) is 5.10. The van der Waals surface area contributed by atoms with Gasteiger partial charge in [-0.2, -0.15) is 0 Å². The number of ether oxygens (including phenoxy) is 1. The quantitative estimate of drug-likeness (QED) is 0.812. The van der Waals surface area contributed by atoms with Crippen LogP contribution >= 0.6 is 0 Å². The van der Waals surface area contributed by atoms with Crippen LogP contribution in [-0.2, 0) is 17.8 Å². The van der Waals surface area contributed by atoms with E-state index in [1.54, 1.807) is 13.4 Å². The zero-order valence-corrected chi connectivity index (χ0v) is 13.0. The van der Waals surface area contributed by atoms with Crippen molar-refractivity contribution in [3.63, 3.8) is 0 Å². The first kappa shape index (κ1) is 16.0. The van der Waals surface area contributed by atoms with E-state index < -0.39 is 0 Å². The number of carbonyl (C=O) groups excluding carboxylic acids is 1. The molecule has 2 aromatic rings. The van der Waals surface area contributed by atoms with Crippen LogP contribution in [0.5, 0.6) is 0 Å². The van der Waals surface area contributed by atoms with Crippen LogP contribution in [0.4, 0.5) is 0 Å². The fraction of sp³-hybridized carbons (Fsp3) is 0.500. The van der Waals surface area contributed by atoms with E-state index in [1.165, 1.54) is 12.4 Å². The molecule has 0 spiro atoms. The number of nitrogens with zero attached hydrogens (tertiary/aromatic N) is 5. The molecule has 0 unspecified atom stereocenters. The molecule has 0 aromatic carbocycles. The molecule has 0 fully saturated rings. The van der Waals surface area contributed by atoms with Gasteiger partial charge in [-0.3, -0.25) is 4.79 Å². The van der Waals surface area contributed by atoms with Crippen LogP contribution in [0, 0.1) is 0 Å². The molecule has 2 aromatic heterocycles. The molecule has 0 aliphatic heterocycles. The number of nitrogens with one attached hydrogen (secondary N) is 1. The Hall–Kier alpha value is -2.35. The highest BCUT2D eigenvalue weighted by molar-refractivity contribution is 5.93. The summed E-state index contributed by atoms with van der Waals surface area (Å²) in [7, 11) is 1.63. The zero-order valence-electron chi connectivity index (χ0n) is 13.0. The van der Waals surface area contributed by atoms with Gasteiger partial charge in [0.15, 0.2) is 5.82 Å². The van der Waals surface area contributed by atoms with Gasteiger partial charge in [0.05, 0.1) is 18.7 Å². The molecular formula is C14H20N6O2. The van der Waals surface area contributed by atoms with Crippen molar-refractivity contribution in [3.8, 4) is 0 Å². The molecule has 0 atom stereocenters. The van der Waals surface area contributed by atoms with Gasteiger partial charge in [0, 0.05) is 32.0 Å². The van der Waals surface area contributed by atoms with Crippen LogP contribution in [0.3, 0.4) is 0 Å². The molecule has 118 valence electrons. The normalized spacial score (nSPS) is 10.9. The van der Waals surface area contributed by atoms with E-state index in [1.807, 2.05) is 18.4 Å². The average Bonchev–Trinajstić information content (AvgIpc) is 2.98. The van der Waals surface area contributed by atoms with Crippen molar-refractivity contribution in [1.82, 2.24) is 30.0 Å². The summed E-state index contributed by atoms with van der Waals surface area (Å²) in [5, 5.41) is 10.6. The van der Waals surface area contributed by atoms with Crippen LogP contribution in [-0.4, -0.2) is 44.4 Å². The Morgan fingerprint density at radius 3 is 2.73 bits per heavy atom. The summed E-state index contributed by atoms with van der Waals surface area (Å²) in [6.07, 6.45) is 4.68. The van der Waals surface area contributed by atoms with E-state index in [2.05, 4.69) is 25.5 Å². The third kappa shape index (κ3) is 4.08. The first-order valence-corrected chi connectivity index (χ1v) is 7.07. The monoisotopic (exact) mass is 304 g/mol. The fourth-order valence-electron chi connectivity index (χ4n) is 1.81. The molecule has 0 saturated carbocycles. The highest BCUT2D eigenvalue weighted by Gasteiger charge is 2.10. The van der Waals surface area contributed by atoms with Crippen molar-refractivity contribution in [2.75, 3.05) is 13.7 Å². The highest BCUT2D eigenvalue weighted by atomic mass is 16.5. The second-order valence-corrected chi connectivity index (χ2v) is 5.10. The summed E-state index contributed by atoms with van der Waals surface area (Å²) < 4.78 is 6.85. The molecule has 0 aliphatic rings. The summed E-state index contributed by atoms with van der Waals surface area (Å²) in [5.41, 5.74) is 0.423. The second kappa shape index (κ2) is 7.60. The lowest BCUT2D eigenvalue weighted by Crippen LogP contribution is -2.25. The first-order chi connectivity index (χ1) is 10.6. The van der Waals surface area contributed by atoms with E-state index in [4.69, 9.17) is 4.74 Å². The summed E-state index contributed by atoms with van der Waals surface area (Å²) in [5.74, 6) is 1.38. The third-order valence-electron chi connectivity index (χ3n) is 3.09. The Bertz CT molecular complexity index is 608. The van der Waals surface area contributed by atoms with Gasteiger partial charge in [-0.15, -0.1) is 10.2 Å². The van der Waals surface area contributed by atoms with Gasteiger partial charge >= 0.3 is 0 Å². The van der Waals surface area contributed by atoms with Crippen LogP contribution < -0.4 is 5.32 Å². The Kier molecular flexibility index (Phi) is 5.54. The number of aromatic nitrogens is 5. The predicted octanol–water partition coefficient (Wildman–Crippen LogP) is 0.768. The van der Waals surface area contributed by atoms with Crippen LogP contribution in [0.1, 0.15) is 41.8 Å². The summed E-state index contributed by atoms with van der Waals surface area (Å²) in [6.45, 7) is 5.49. The number of hydrogen-bond acceptors (Lipinski definition) is 6. The van der Waals surface area contributed by atoms with Crippen molar-refractivity contribution < 1.29 is 9.53 Å². The lowest BCUT2D eigenvalue weighted by atomic mass is 10.2. The van der Waals surface area contributed by atoms with Crippen LogP contribution in [0.25, 0.3) is 0 Å². The first-order valence-electron chi connectivity index (χ1n) is 7.07. The maximum absolute atomic E-state index is 12.1. The van der Waals surface area contributed by atoms with E-state index in [9.17, 15) is 4.79 Å². The Labute approximate surface area is 128 Å². The van der Waals surface area contributed by atoms with Crippen molar-refractivity contribution in [2.45, 2.75) is 32.9 Å². The van der Waals surface area contributed by atoms with Gasteiger partial charge in [-0.25, -0.2) is 9.97 Å². The van der Waals surface area contributed by atoms with Gasteiger partial charge in [-0.05, 0) is 0 Å². The molecule has 8 nitrogen and oxygen atoms in total. The zero-order chi connectivity index (χ0) is 15.9. The standard InChI is InChI=1S/C14H20N6O2/c1-10(2)13-15-6-11(7-16-13)14(21)17-8-12-19-18-9-20(12)4-5-22-3/h6-7,9-10H,4-5,8H2,1-3H3,(H,17,21). The SMILES string of the molecule is COCCn1cnnc1CNC(=O)c1cnc(C(C)C)nc1. The molecule has 0 bridgehead atoms. The summed E-state index contributed by atoms with van der Waals surface area (Å²) in [6, 6.07) is 0. The molecule has 2 heterocycles. The number of rotatable bonds is 7. The molecule has 1 amide bonds. The molecule has 0 radical (unpaired) electrons. The molecule has 0 aliphatic carbocycles. The number of amides is 1. The third-order valence-corrected chi connectivity index (χ3v) is 3.09. The average molecular weight is 304 g/mol. The maximum atomic E-state index is 12.1. The van der Waals surface area contributed by atoms with E-state index >= 15 is 0 Å². The Morgan fingerprint density at radius 2 is 2.09 bits per heavy atom. The van der Waals surface area contributed by atoms with Gasteiger partial charge < -0.3 is 14.6 Å². The fourth-order valence-corrected chi connectivity index (χ4v) is 1.81. The minimum Gasteiger partial charge on any atom is -0.383 e. The number of carbonyl (C=O) groups is 1. The minimum absolute atomic E-state index is 0.233. The van der Waals surface area contributed by atoms with E-state index in [0.717, 1.165) is 5.82 Å². The minimum atomic E-state index is -0.239. The molecule has 2 rings (SSSR count). The highest BCUT2D eigenvalue weighted by Crippen LogP contribution is 2.07. The van der Waals surface area contributed by atoms with Crippen molar-refractivity contribution in [3.05, 3.63) is 35.9 Å². The van der Waals surface area contributed by atoms with Crippen molar-refractivity contribution in [2.24, 2.45) is 0 Å². The number of hydrogen-bond donors (Lipinski definition) is 1. The lowest BCUT2D eigenvalue weighted by molar-refractivity contribution is 0.0948. The molecule has 1 N–H and O–H groups in total. The van der Waals surface area contributed by atoms with Crippen LogP contribution in [0.2, 0.25) is 0 Å². The summed E-state index contributed by atoms with van der Waals surface area (Å²) >= 11 is 0. The largest absolute Gasteiger partial charge is 0.383 e. The lowest BCUT2D eigenvalue weighted by Gasteiger charge is -2.08. The molecular weight excluding hydrogens is 284 g/mol. The molecule has 0 saturated heterocycles. The smallest absolute Gasteiger partial charge is 0.254 e. The maximum Gasteiger partial charge on any atom is 0.254 e. The van der Waals surface area contributed by atoms with Gasteiger partial charge in [0.2, 0.25) is 0 Å². The predicted molar refractivity (Wildman–Crippen MR) is 79.2 cm³/mol. The Morgan fingerprint density at radius 1 is 1.36 bits per heavy atom.